The number of ether oxygens (including phenoxy) is 1. The SMILES string of the molecule is CCOC(=O)C(=O)c1cc(C)c(O)c(Cl)c1. The molecule has 0 saturated heterocycles. The monoisotopic (exact) mass is 242 g/mol. The molecule has 16 heavy (non-hydrogen) atoms. The smallest absolute Gasteiger partial charge is 0.379 e. The second-order valence-electron chi connectivity index (χ2n) is 3.17. The van der Waals surface area contributed by atoms with Crippen molar-refractivity contribution in [2.75, 3.05) is 6.61 Å². The van der Waals surface area contributed by atoms with Crippen LogP contribution in [0.15, 0.2) is 12.1 Å². The van der Waals surface area contributed by atoms with Crippen LogP contribution in [0.25, 0.3) is 0 Å². The highest BCUT2D eigenvalue weighted by molar-refractivity contribution is 6.41. The van der Waals surface area contributed by atoms with Gasteiger partial charge in [-0.25, -0.2) is 4.79 Å². The lowest BCUT2D eigenvalue weighted by Crippen LogP contribution is -2.17. The molecule has 0 spiro atoms. The Balaban J connectivity index is 3.06. The van der Waals surface area contributed by atoms with E-state index in [4.69, 9.17) is 11.6 Å². The van der Waals surface area contributed by atoms with Crippen LogP contribution < -0.4 is 0 Å². The fourth-order valence-corrected chi connectivity index (χ4v) is 1.45. The first-order valence-corrected chi connectivity index (χ1v) is 5.05. The first-order valence-electron chi connectivity index (χ1n) is 4.68. The third-order valence-corrected chi connectivity index (χ3v) is 2.27. The molecule has 5 heteroatoms. The maximum absolute atomic E-state index is 11.5. The molecule has 0 atom stereocenters. The Morgan fingerprint density at radius 1 is 1.44 bits per heavy atom. The van der Waals surface area contributed by atoms with Crippen LogP contribution in [0.3, 0.4) is 0 Å². The van der Waals surface area contributed by atoms with Gasteiger partial charge in [0.15, 0.2) is 0 Å². The van der Waals surface area contributed by atoms with Crippen molar-refractivity contribution in [3.05, 3.63) is 28.3 Å². The first kappa shape index (κ1) is 12.5. The molecule has 86 valence electrons. The normalized spacial score (nSPS) is 9.94. The van der Waals surface area contributed by atoms with Crippen molar-refractivity contribution in [3.8, 4) is 5.75 Å². The van der Waals surface area contributed by atoms with E-state index >= 15 is 0 Å². The quantitative estimate of drug-likeness (QED) is 0.501. The van der Waals surface area contributed by atoms with Gasteiger partial charge in [-0.3, -0.25) is 4.79 Å². The van der Waals surface area contributed by atoms with Crippen LogP contribution >= 0.6 is 11.6 Å². The van der Waals surface area contributed by atoms with Gasteiger partial charge in [0.25, 0.3) is 5.78 Å². The molecular weight excluding hydrogens is 232 g/mol. The van der Waals surface area contributed by atoms with E-state index in [2.05, 4.69) is 4.74 Å². The third-order valence-electron chi connectivity index (χ3n) is 1.98. The Kier molecular flexibility index (Phi) is 3.90. The number of rotatable bonds is 3. The Labute approximate surface area is 97.8 Å². The van der Waals surface area contributed by atoms with E-state index in [0.717, 1.165) is 0 Å². The molecule has 0 heterocycles. The largest absolute Gasteiger partial charge is 0.506 e. The van der Waals surface area contributed by atoms with E-state index in [9.17, 15) is 14.7 Å². The summed E-state index contributed by atoms with van der Waals surface area (Å²) < 4.78 is 4.57. The Morgan fingerprint density at radius 2 is 2.06 bits per heavy atom. The molecule has 0 bridgehead atoms. The molecular formula is C11H11ClO4. The number of phenols is 1. The van der Waals surface area contributed by atoms with Crippen LogP contribution in [0.4, 0.5) is 0 Å². The van der Waals surface area contributed by atoms with Gasteiger partial charge in [0, 0.05) is 5.56 Å². The highest BCUT2D eigenvalue weighted by atomic mass is 35.5. The number of esters is 1. The number of aryl methyl sites for hydroxylation is 1. The van der Waals surface area contributed by atoms with E-state index in [-0.39, 0.29) is 22.9 Å². The summed E-state index contributed by atoms with van der Waals surface area (Å²) in [6, 6.07) is 2.63. The molecule has 0 radical (unpaired) electrons. The maximum Gasteiger partial charge on any atom is 0.379 e. The van der Waals surface area contributed by atoms with E-state index in [1.54, 1.807) is 13.8 Å². The predicted octanol–water partition coefficient (Wildman–Crippen LogP) is 2.10. The number of carbonyl (C=O) groups is 2. The Bertz CT molecular complexity index is 417. The molecule has 1 aromatic rings. The fourth-order valence-electron chi connectivity index (χ4n) is 1.18. The predicted molar refractivity (Wildman–Crippen MR) is 58.8 cm³/mol. The lowest BCUT2D eigenvalue weighted by Gasteiger charge is -2.05. The average Bonchev–Trinajstić information content (AvgIpc) is 2.24. The Hall–Kier alpha value is -1.55. The van der Waals surface area contributed by atoms with Gasteiger partial charge in [-0.15, -0.1) is 0 Å². The summed E-state index contributed by atoms with van der Waals surface area (Å²) in [4.78, 5) is 22.7. The number of hydrogen-bond donors (Lipinski definition) is 1. The van der Waals surface area contributed by atoms with Crippen molar-refractivity contribution in [3.63, 3.8) is 0 Å². The van der Waals surface area contributed by atoms with E-state index in [1.165, 1.54) is 12.1 Å². The number of ketones is 1. The molecule has 0 amide bonds. The zero-order valence-corrected chi connectivity index (χ0v) is 9.67. The number of aromatic hydroxyl groups is 1. The molecule has 4 nitrogen and oxygen atoms in total. The van der Waals surface area contributed by atoms with E-state index in [1.807, 2.05) is 0 Å². The lowest BCUT2D eigenvalue weighted by atomic mass is 10.1. The number of phenolic OH excluding ortho intramolecular Hbond substituents is 1. The summed E-state index contributed by atoms with van der Waals surface area (Å²) >= 11 is 5.69. The third kappa shape index (κ3) is 2.52. The molecule has 1 N–H and O–H groups in total. The molecule has 0 saturated carbocycles. The van der Waals surface area contributed by atoms with Crippen molar-refractivity contribution in [2.45, 2.75) is 13.8 Å². The van der Waals surface area contributed by atoms with Crippen molar-refractivity contribution in [1.82, 2.24) is 0 Å². The number of benzene rings is 1. The van der Waals surface area contributed by atoms with Gasteiger partial charge in [-0.05, 0) is 31.5 Å². The number of Topliss-reactive ketones (excluding diaryl/α,β-unsaturated/α-hetero) is 1. The summed E-state index contributed by atoms with van der Waals surface area (Å²) in [6.07, 6.45) is 0. The summed E-state index contributed by atoms with van der Waals surface area (Å²) in [6.45, 7) is 3.33. The molecule has 0 aliphatic rings. The van der Waals surface area contributed by atoms with Crippen LogP contribution in [-0.2, 0) is 9.53 Å². The molecule has 1 rings (SSSR count). The number of carbonyl (C=O) groups excluding carboxylic acids is 2. The van der Waals surface area contributed by atoms with Gasteiger partial charge < -0.3 is 9.84 Å². The topological polar surface area (TPSA) is 63.6 Å². The zero-order valence-electron chi connectivity index (χ0n) is 8.91. The molecule has 0 aromatic heterocycles. The van der Waals surface area contributed by atoms with Gasteiger partial charge >= 0.3 is 5.97 Å². The van der Waals surface area contributed by atoms with Gasteiger partial charge in [0.2, 0.25) is 0 Å². The van der Waals surface area contributed by atoms with Crippen LogP contribution in [0.2, 0.25) is 5.02 Å². The molecule has 1 aromatic carbocycles. The average molecular weight is 243 g/mol. The minimum absolute atomic E-state index is 0.0349. The van der Waals surface area contributed by atoms with Crippen molar-refractivity contribution in [2.24, 2.45) is 0 Å². The van der Waals surface area contributed by atoms with Gasteiger partial charge in [-0.2, -0.15) is 0 Å². The second kappa shape index (κ2) is 4.99. The highest BCUT2D eigenvalue weighted by Crippen LogP contribution is 2.28. The maximum atomic E-state index is 11.5. The minimum atomic E-state index is -0.927. The van der Waals surface area contributed by atoms with Crippen molar-refractivity contribution < 1.29 is 19.4 Å². The van der Waals surface area contributed by atoms with Gasteiger partial charge in [-0.1, -0.05) is 11.6 Å². The van der Waals surface area contributed by atoms with Crippen LogP contribution in [0.1, 0.15) is 22.8 Å². The standard InChI is InChI=1S/C11H11ClO4/c1-3-16-11(15)10(14)7-4-6(2)9(13)8(12)5-7/h4-5,13H,3H2,1-2H3. The Morgan fingerprint density at radius 3 is 2.56 bits per heavy atom. The van der Waals surface area contributed by atoms with E-state index in [0.29, 0.717) is 5.56 Å². The number of hydrogen-bond acceptors (Lipinski definition) is 4. The van der Waals surface area contributed by atoms with Crippen molar-refractivity contribution in [1.29, 1.82) is 0 Å². The number of halogens is 1. The molecule has 0 fully saturated rings. The zero-order chi connectivity index (χ0) is 12.3. The van der Waals surface area contributed by atoms with Gasteiger partial charge in [0.1, 0.15) is 5.75 Å². The minimum Gasteiger partial charge on any atom is -0.506 e. The highest BCUT2D eigenvalue weighted by Gasteiger charge is 2.19. The molecule has 0 aliphatic carbocycles. The molecule has 0 aliphatic heterocycles. The first-order chi connectivity index (χ1) is 7.47. The fraction of sp³-hybridized carbons (Fsp3) is 0.273. The summed E-state index contributed by atoms with van der Waals surface area (Å²) in [5, 5.41) is 9.43. The van der Waals surface area contributed by atoms with Crippen LogP contribution in [0, 0.1) is 6.92 Å². The second-order valence-corrected chi connectivity index (χ2v) is 3.58. The van der Waals surface area contributed by atoms with Crippen LogP contribution in [-0.4, -0.2) is 23.5 Å². The van der Waals surface area contributed by atoms with E-state index < -0.39 is 11.8 Å². The van der Waals surface area contributed by atoms with Gasteiger partial charge in [0.05, 0.1) is 11.6 Å². The lowest BCUT2D eigenvalue weighted by molar-refractivity contribution is -0.137. The van der Waals surface area contributed by atoms with Crippen molar-refractivity contribution >= 4 is 23.4 Å². The van der Waals surface area contributed by atoms with Crippen LogP contribution in [0.5, 0.6) is 5.75 Å². The summed E-state index contributed by atoms with van der Waals surface area (Å²) in [7, 11) is 0. The summed E-state index contributed by atoms with van der Waals surface area (Å²) in [5.41, 5.74) is 0.541. The molecule has 0 unspecified atom stereocenters. The summed E-state index contributed by atoms with van der Waals surface area (Å²) in [5.74, 6) is -1.79.